The molecule has 4 atom stereocenters. The van der Waals surface area contributed by atoms with E-state index in [9.17, 15) is 14.7 Å². The molecule has 0 spiro atoms. The quantitative estimate of drug-likeness (QED) is 0.333. The molecular weight excluding hydrogens is 462 g/mol. The van der Waals surface area contributed by atoms with Crippen LogP contribution >= 0.6 is 0 Å². The summed E-state index contributed by atoms with van der Waals surface area (Å²) in [6.45, 7) is 5.25. The van der Waals surface area contributed by atoms with E-state index >= 15 is 0 Å². The van der Waals surface area contributed by atoms with E-state index < -0.39 is 6.10 Å². The molecule has 4 N–H and O–H groups in total. The molecule has 0 radical (unpaired) electrons. The summed E-state index contributed by atoms with van der Waals surface area (Å²) in [6, 6.07) is 3.34. The third-order valence-corrected chi connectivity index (χ3v) is 7.12. The number of methoxy groups -OCH3 is 1. The predicted molar refractivity (Wildman–Crippen MR) is 138 cm³/mol. The van der Waals surface area contributed by atoms with E-state index in [-0.39, 0.29) is 35.5 Å². The van der Waals surface area contributed by atoms with Crippen LogP contribution in [-0.4, -0.2) is 65.6 Å². The van der Waals surface area contributed by atoms with Gasteiger partial charge in [0.05, 0.1) is 23.8 Å². The second-order valence-electron chi connectivity index (χ2n) is 9.34. The van der Waals surface area contributed by atoms with Crippen molar-refractivity contribution in [1.82, 2.24) is 20.2 Å². The van der Waals surface area contributed by atoms with E-state index in [0.29, 0.717) is 29.3 Å². The molecule has 3 aliphatic rings. The van der Waals surface area contributed by atoms with Gasteiger partial charge in [0, 0.05) is 39.2 Å². The van der Waals surface area contributed by atoms with Gasteiger partial charge in [0.25, 0.3) is 11.5 Å². The van der Waals surface area contributed by atoms with Crippen LogP contribution < -0.4 is 21.5 Å². The van der Waals surface area contributed by atoms with Crippen LogP contribution in [0.2, 0.25) is 0 Å². The van der Waals surface area contributed by atoms with Gasteiger partial charge in [-0.25, -0.2) is 4.99 Å². The van der Waals surface area contributed by atoms with E-state index in [1.807, 2.05) is 12.3 Å². The Morgan fingerprint density at radius 1 is 1.31 bits per heavy atom. The number of rotatable bonds is 7. The lowest BCUT2D eigenvalue weighted by Gasteiger charge is -2.33. The van der Waals surface area contributed by atoms with Gasteiger partial charge in [-0.2, -0.15) is 10.1 Å². The number of amides is 1. The Hall–Kier alpha value is -3.44. The number of aromatic nitrogens is 1. The van der Waals surface area contributed by atoms with E-state index in [4.69, 9.17) is 4.74 Å². The Balaban J connectivity index is 1.62. The fraction of sp³-hybridized carbons (Fsp3) is 0.520. The maximum Gasteiger partial charge on any atom is 0.274 e. The van der Waals surface area contributed by atoms with Gasteiger partial charge in [0.15, 0.2) is 5.82 Å². The number of carbonyl (C=O) groups is 1. The van der Waals surface area contributed by atoms with Crippen LogP contribution in [0.3, 0.4) is 0 Å². The number of nitrogens with zero attached hydrogens (tertiary/aromatic N) is 4. The molecule has 2 heterocycles. The summed E-state index contributed by atoms with van der Waals surface area (Å²) in [7, 11) is 3.43. The zero-order chi connectivity index (χ0) is 25.8. The summed E-state index contributed by atoms with van der Waals surface area (Å²) in [6.07, 6.45) is 8.23. The topological polar surface area (TPSA) is 133 Å². The van der Waals surface area contributed by atoms with Crippen molar-refractivity contribution in [1.29, 1.82) is 0 Å². The molecule has 1 aromatic heterocycles. The Morgan fingerprint density at radius 3 is 2.75 bits per heavy atom. The maximum absolute atomic E-state index is 13.4. The largest absolute Gasteiger partial charge is 0.391 e. The van der Waals surface area contributed by atoms with Crippen molar-refractivity contribution in [2.45, 2.75) is 69.7 Å². The lowest BCUT2D eigenvalue weighted by Crippen LogP contribution is -2.50. The van der Waals surface area contributed by atoms with Crippen LogP contribution in [-0.2, 0) is 9.53 Å². The zero-order valence-corrected chi connectivity index (χ0v) is 21.0. The summed E-state index contributed by atoms with van der Waals surface area (Å²) in [5, 5.41) is 24.3. The van der Waals surface area contributed by atoms with Gasteiger partial charge in [-0.3, -0.25) is 9.59 Å². The Labute approximate surface area is 210 Å². The van der Waals surface area contributed by atoms with Crippen LogP contribution in [0, 0.1) is 0 Å². The molecule has 11 heteroatoms. The average Bonchev–Trinajstić information content (AvgIpc) is 2.90. The number of hydrogen-bond acceptors (Lipinski definition) is 9. The molecule has 1 amide bonds. The Kier molecular flexibility index (Phi) is 7.90. The number of hydrazone groups is 1. The first-order valence-corrected chi connectivity index (χ1v) is 12.3. The van der Waals surface area contributed by atoms with Crippen molar-refractivity contribution >= 4 is 24.1 Å². The van der Waals surface area contributed by atoms with Crippen molar-refractivity contribution in [3.8, 4) is 0 Å². The number of ether oxygens (including phenoxy) is 1. The number of hydrogen-bond donors (Lipinski definition) is 4. The molecule has 1 aliphatic heterocycles. The zero-order valence-electron chi connectivity index (χ0n) is 21.0. The first-order valence-electron chi connectivity index (χ1n) is 12.3. The standard InChI is InChI=1S/C25H35N7O4/c1-15(24(34)29-18-10-11-20(18)33)23-30-21(14-22(26-2)32(23)27-3)28-19-9-6-12-31(25(19)35)16-7-5-8-17(13-16)36-4/h6,9,12,14,16-18,20,26,33H,3,5,7-8,10-11,13H2,1-2,4H3,(H,28,30)(H,29,34)/b23-15+/t16-,17+,18+,20+/m1/s1. The fourth-order valence-corrected chi connectivity index (χ4v) is 4.77. The van der Waals surface area contributed by atoms with Crippen molar-refractivity contribution < 1.29 is 14.6 Å². The first kappa shape index (κ1) is 25.6. The number of aliphatic imine (C=N–C) groups is 1. The van der Waals surface area contributed by atoms with Crippen LogP contribution in [0.25, 0.3) is 0 Å². The summed E-state index contributed by atoms with van der Waals surface area (Å²) >= 11 is 0. The minimum absolute atomic E-state index is 0.0679. The van der Waals surface area contributed by atoms with Gasteiger partial charge in [-0.1, -0.05) is 0 Å². The van der Waals surface area contributed by atoms with Crippen molar-refractivity contribution in [2.24, 2.45) is 10.1 Å². The molecule has 0 aromatic carbocycles. The second kappa shape index (κ2) is 11.1. The Morgan fingerprint density at radius 2 is 2.11 bits per heavy atom. The number of anilines is 1. The number of pyridine rings is 1. The number of amidine groups is 1. The molecule has 2 fully saturated rings. The third-order valence-electron chi connectivity index (χ3n) is 7.12. The smallest absolute Gasteiger partial charge is 0.274 e. The summed E-state index contributed by atoms with van der Waals surface area (Å²) in [5.41, 5.74) is 0.533. The predicted octanol–water partition coefficient (Wildman–Crippen LogP) is 1.65. The molecule has 0 saturated heterocycles. The van der Waals surface area contributed by atoms with Crippen molar-refractivity contribution in [3.05, 3.63) is 52.0 Å². The van der Waals surface area contributed by atoms with E-state index in [2.05, 4.69) is 32.8 Å². The summed E-state index contributed by atoms with van der Waals surface area (Å²) in [5.74, 6) is 0.810. The van der Waals surface area contributed by atoms with E-state index in [1.54, 1.807) is 37.8 Å². The van der Waals surface area contributed by atoms with Crippen molar-refractivity contribution in [2.75, 3.05) is 19.5 Å². The summed E-state index contributed by atoms with van der Waals surface area (Å²) < 4.78 is 7.30. The van der Waals surface area contributed by atoms with Crippen LogP contribution in [0.15, 0.2) is 56.5 Å². The molecule has 0 unspecified atom stereocenters. The highest BCUT2D eigenvalue weighted by atomic mass is 16.5. The fourth-order valence-electron chi connectivity index (χ4n) is 4.77. The normalized spacial score (nSPS) is 27.3. The number of carbonyl (C=O) groups excluding carboxylic acids is 1. The van der Waals surface area contributed by atoms with Gasteiger partial charge in [0.1, 0.15) is 17.3 Å². The van der Waals surface area contributed by atoms with Crippen LogP contribution in [0.1, 0.15) is 51.5 Å². The molecule has 0 bridgehead atoms. The van der Waals surface area contributed by atoms with Crippen molar-refractivity contribution in [3.63, 3.8) is 0 Å². The van der Waals surface area contributed by atoms with Crippen LogP contribution in [0.5, 0.6) is 0 Å². The third kappa shape index (κ3) is 5.21. The van der Waals surface area contributed by atoms with Gasteiger partial charge < -0.3 is 30.4 Å². The average molecular weight is 498 g/mol. The van der Waals surface area contributed by atoms with E-state index in [1.165, 1.54) is 5.01 Å². The monoisotopic (exact) mass is 497 g/mol. The highest BCUT2D eigenvalue weighted by molar-refractivity contribution is 6.06. The molecule has 4 rings (SSSR count). The van der Waals surface area contributed by atoms with Gasteiger partial charge in [0.2, 0.25) is 0 Å². The maximum atomic E-state index is 13.4. The molecule has 2 aliphatic carbocycles. The molecule has 11 nitrogen and oxygen atoms in total. The highest BCUT2D eigenvalue weighted by Crippen LogP contribution is 2.29. The molecule has 36 heavy (non-hydrogen) atoms. The Bertz CT molecular complexity index is 1160. The van der Waals surface area contributed by atoms with Gasteiger partial charge in [-0.15, -0.1) is 0 Å². The highest BCUT2D eigenvalue weighted by Gasteiger charge is 2.32. The van der Waals surface area contributed by atoms with Gasteiger partial charge >= 0.3 is 0 Å². The number of aliphatic hydroxyl groups excluding tert-OH is 1. The minimum atomic E-state index is -0.538. The minimum Gasteiger partial charge on any atom is -0.391 e. The molecule has 194 valence electrons. The van der Waals surface area contributed by atoms with E-state index in [0.717, 1.165) is 32.1 Å². The SMILES string of the molecule is C=NN1C(NC)=CC(Nc2cccn([C@@H]3CCC[C@H](OC)C3)c2=O)=N/C1=C(/C)C(=O)N[C@H]1CC[C@@H]1O. The number of aliphatic hydroxyl groups is 1. The van der Waals surface area contributed by atoms with Crippen LogP contribution in [0.4, 0.5) is 5.69 Å². The lowest BCUT2D eigenvalue weighted by atomic mass is 9.89. The van der Waals surface area contributed by atoms with Gasteiger partial charge in [-0.05, 0) is 57.6 Å². The molecular formula is C25H35N7O4. The molecule has 2 saturated carbocycles. The molecule has 1 aromatic rings. The lowest BCUT2D eigenvalue weighted by molar-refractivity contribution is -0.120. The summed E-state index contributed by atoms with van der Waals surface area (Å²) in [4.78, 5) is 30.8. The number of nitrogens with one attached hydrogen (secondary N) is 3. The first-order chi connectivity index (χ1) is 17.4. The second-order valence-corrected chi connectivity index (χ2v) is 9.34.